The maximum absolute atomic E-state index is 12.5. The van der Waals surface area contributed by atoms with E-state index >= 15 is 0 Å². The van der Waals surface area contributed by atoms with E-state index in [1.807, 2.05) is 41.3 Å². The summed E-state index contributed by atoms with van der Waals surface area (Å²) in [6, 6.07) is 7.44. The molecule has 8 heteroatoms. The van der Waals surface area contributed by atoms with Gasteiger partial charge in [0.05, 0.1) is 0 Å². The van der Waals surface area contributed by atoms with E-state index in [-0.39, 0.29) is 5.91 Å². The number of amides is 1. The molecule has 1 fully saturated rings. The lowest BCUT2D eigenvalue weighted by Crippen LogP contribution is -2.49. The van der Waals surface area contributed by atoms with Gasteiger partial charge in [0, 0.05) is 44.1 Å². The van der Waals surface area contributed by atoms with Crippen molar-refractivity contribution >= 4 is 17.5 Å². The zero-order chi connectivity index (χ0) is 17.4. The third-order valence-electron chi connectivity index (χ3n) is 4.49. The largest absolute Gasteiger partial charge is 0.353 e. The molecule has 3 aromatic rings. The highest BCUT2D eigenvalue weighted by Crippen LogP contribution is 2.18. The zero-order valence-electron chi connectivity index (χ0n) is 14.3. The van der Waals surface area contributed by atoms with E-state index in [0.29, 0.717) is 24.6 Å². The summed E-state index contributed by atoms with van der Waals surface area (Å²) in [5.74, 6) is 2.30. The predicted octanol–water partition coefficient (Wildman–Crippen LogP) is 1.10. The molecule has 128 valence electrons. The van der Waals surface area contributed by atoms with Crippen LogP contribution in [-0.4, -0.2) is 61.6 Å². The summed E-state index contributed by atoms with van der Waals surface area (Å²) in [6.45, 7) is 6.69. The monoisotopic (exact) mass is 337 g/mol. The average Bonchev–Trinajstić information content (AvgIpc) is 3.03. The second-order valence-electron chi connectivity index (χ2n) is 6.13. The van der Waals surface area contributed by atoms with E-state index in [2.05, 4.69) is 25.1 Å². The third kappa shape index (κ3) is 2.79. The van der Waals surface area contributed by atoms with Crippen molar-refractivity contribution in [1.82, 2.24) is 29.5 Å². The van der Waals surface area contributed by atoms with Gasteiger partial charge >= 0.3 is 0 Å². The van der Waals surface area contributed by atoms with Crippen LogP contribution in [0.4, 0.5) is 5.82 Å². The van der Waals surface area contributed by atoms with Gasteiger partial charge in [0.2, 0.25) is 0 Å². The van der Waals surface area contributed by atoms with Crippen molar-refractivity contribution in [3.63, 3.8) is 0 Å². The maximum Gasteiger partial charge on any atom is 0.272 e. The Hall–Kier alpha value is -3.03. The van der Waals surface area contributed by atoms with Crippen molar-refractivity contribution < 1.29 is 4.79 Å². The lowest BCUT2D eigenvalue weighted by molar-refractivity contribution is 0.0740. The van der Waals surface area contributed by atoms with Gasteiger partial charge in [-0.15, -0.1) is 10.2 Å². The molecule has 0 aromatic carbocycles. The van der Waals surface area contributed by atoms with Gasteiger partial charge in [-0.3, -0.25) is 14.2 Å². The SMILES string of the molecule is Cc1cc(N2CCN(C(=O)c3ccccn3)CC2)nc2nnc(C)n12. The molecule has 1 amide bonds. The van der Waals surface area contributed by atoms with Crippen LogP contribution in [-0.2, 0) is 0 Å². The van der Waals surface area contributed by atoms with E-state index in [1.165, 1.54) is 0 Å². The van der Waals surface area contributed by atoms with E-state index < -0.39 is 0 Å². The molecule has 1 saturated heterocycles. The van der Waals surface area contributed by atoms with Crippen LogP contribution in [0.3, 0.4) is 0 Å². The Balaban J connectivity index is 1.49. The van der Waals surface area contributed by atoms with Crippen LogP contribution in [0.15, 0.2) is 30.5 Å². The van der Waals surface area contributed by atoms with Crippen LogP contribution in [0.25, 0.3) is 5.78 Å². The lowest BCUT2D eigenvalue weighted by atomic mass is 10.2. The first-order chi connectivity index (χ1) is 12.1. The minimum absolute atomic E-state index is 0.0204. The molecule has 0 radical (unpaired) electrons. The van der Waals surface area contributed by atoms with E-state index in [1.54, 1.807) is 12.3 Å². The Morgan fingerprint density at radius 3 is 2.60 bits per heavy atom. The summed E-state index contributed by atoms with van der Waals surface area (Å²) in [6.07, 6.45) is 1.64. The van der Waals surface area contributed by atoms with Gasteiger partial charge in [-0.25, -0.2) is 0 Å². The van der Waals surface area contributed by atoms with Crippen LogP contribution < -0.4 is 4.90 Å². The van der Waals surface area contributed by atoms with Crippen molar-refractivity contribution in [3.05, 3.63) is 47.7 Å². The van der Waals surface area contributed by atoms with Crippen LogP contribution in [0.1, 0.15) is 22.0 Å². The zero-order valence-corrected chi connectivity index (χ0v) is 14.3. The summed E-state index contributed by atoms with van der Waals surface area (Å²) in [7, 11) is 0. The number of nitrogens with zero attached hydrogens (tertiary/aromatic N) is 7. The molecule has 1 aliphatic heterocycles. The molecular weight excluding hydrogens is 318 g/mol. The number of aryl methyl sites for hydroxylation is 2. The molecule has 25 heavy (non-hydrogen) atoms. The second-order valence-corrected chi connectivity index (χ2v) is 6.13. The van der Waals surface area contributed by atoms with Crippen LogP contribution in [0.5, 0.6) is 0 Å². The maximum atomic E-state index is 12.5. The number of fused-ring (bicyclic) bond motifs is 1. The number of piperazine rings is 1. The van der Waals surface area contributed by atoms with Gasteiger partial charge in [-0.05, 0) is 26.0 Å². The third-order valence-corrected chi connectivity index (χ3v) is 4.49. The highest BCUT2D eigenvalue weighted by atomic mass is 16.2. The molecule has 8 nitrogen and oxygen atoms in total. The molecule has 0 unspecified atom stereocenters. The molecule has 1 aliphatic rings. The Kier molecular flexibility index (Phi) is 3.79. The average molecular weight is 337 g/mol. The van der Waals surface area contributed by atoms with Gasteiger partial charge in [0.1, 0.15) is 17.3 Å². The molecule has 0 N–H and O–H groups in total. The lowest BCUT2D eigenvalue weighted by Gasteiger charge is -2.35. The fourth-order valence-corrected chi connectivity index (χ4v) is 3.17. The molecule has 0 aliphatic carbocycles. The molecule has 0 saturated carbocycles. The van der Waals surface area contributed by atoms with Crippen molar-refractivity contribution in [1.29, 1.82) is 0 Å². The first kappa shape index (κ1) is 15.5. The van der Waals surface area contributed by atoms with Crippen molar-refractivity contribution in [3.8, 4) is 0 Å². The molecular formula is C17H19N7O. The Morgan fingerprint density at radius 1 is 1.08 bits per heavy atom. The van der Waals surface area contributed by atoms with Gasteiger partial charge in [-0.2, -0.15) is 4.98 Å². The van der Waals surface area contributed by atoms with Crippen molar-refractivity contribution in [2.24, 2.45) is 0 Å². The first-order valence-electron chi connectivity index (χ1n) is 8.28. The second kappa shape index (κ2) is 6.12. The van der Waals surface area contributed by atoms with Gasteiger partial charge < -0.3 is 9.80 Å². The number of pyridine rings is 1. The molecule has 4 heterocycles. The summed E-state index contributed by atoms with van der Waals surface area (Å²) >= 11 is 0. The van der Waals surface area contributed by atoms with Crippen LogP contribution in [0, 0.1) is 13.8 Å². The Bertz CT molecular complexity index is 913. The number of anilines is 1. The topological polar surface area (TPSA) is 79.5 Å². The molecule has 0 bridgehead atoms. The van der Waals surface area contributed by atoms with Crippen molar-refractivity contribution in [2.45, 2.75) is 13.8 Å². The van der Waals surface area contributed by atoms with Gasteiger partial charge in [-0.1, -0.05) is 6.07 Å². The predicted molar refractivity (Wildman–Crippen MR) is 92.6 cm³/mol. The fourth-order valence-electron chi connectivity index (χ4n) is 3.17. The smallest absolute Gasteiger partial charge is 0.272 e. The quantitative estimate of drug-likeness (QED) is 0.697. The minimum Gasteiger partial charge on any atom is -0.353 e. The van der Waals surface area contributed by atoms with E-state index in [4.69, 9.17) is 0 Å². The number of rotatable bonds is 2. The summed E-state index contributed by atoms with van der Waals surface area (Å²) in [5.41, 5.74) is 1.54. The molecule has 0 spiro atoms. The Morgan fingerprint density at radius 2 is 1.88 bits per heavy atom. The molecule has 4 rings (SSSR count). The summed E-state index contributed by atoms with van der Waals surface area (Å²) in [5, 5.41) is 8.20. The van der Waals surface area contributed by atoms with Crippen LogP contribution in [0.2, 0.25) is 0 Å². The summed E-state index contributed by atoms with van der Waals surface area (Å²) < 4.78 is 1.93. The highest BCUT2D eigenvalue weighted by molar-refractivity contribution is 5.92. The number of carbonyl (C=O) groups excluding carboxylic acids is 1. The minimum atomic E-state index is -0.0204. The first-order valence-corrected chi connectivity index (χ1v) is 8.28. The van der Waals surface area contributed by atoms with Gasteiger partial charge in [0.15, 0.2) is 0 Å². The van der Waals surface area contributed by atoms with Crippen LogP contribution >= 0.6 is 0 Å². The standard InChI is InChI=1S/C17H19N7O/c1-12-11-15(19-17-21-20-13(2)24(12)17)22-7-9-23(10-8-22)16(25)14-5-3-4-6-18-14/h3-6,11H,7-10H2,1-2H3. The number of hydrogen-bond donors (Lipinski definition) is 0. The summed E-state index contributed by atoms with van der Waals surface area (Å²) in [4.78, 5) is 25.3. The number of hydrogen-bond acceptors (Lipinski definition) is 6. The molecule has 0 atom stereocenters. The normalized spacial score (nSPS) is 15.0. The van der Waals surface area contributed by atoms with Gasteiger partial charge in [0.25, 0.3) is 11.7 Å². The Labute approximate surface area is 145 Å². The number of aromatic nitrogens is 5. The highest BCUT2D eigenvalue weighted by Gasteiger charge is 2.24. The van der Waals surface area contributed by atoms with E-state index in [0.717, 1.165) is 30.4 Å². The number of carbonyl (C=O) groups is 1. The van der Waals surface area contributed by atoms with Crippen molar-refractivity contribution in [2.75, 3.05) is 31.1 Å². The molecule has 3 aromatic heterocycles. The van der Waals surface area contributed by atoms with E-state index in [9.17, 15) is 4.79 Å². The fraction of sp³-hybridized carbons (Fsp3) is 0.353.